The highest BCUT2D eigenvalue weighted by molar-refractivity contribution is 7.80. The van der Waals surface area contributed by atoms with Crippen LogP contribution < -0.4 is 16.0 Å². The lowest BCUT2D eigenvalue weighted by atomic mass is 9.90. The zero-order valence-corrected chi connectivity index (χ0v) is 19.0. The smallest absolute Gasteiger partial charge is 0.251 e. The Morgan fingerprint density at radius 3 is 1.97 bits per heavy atom. The van der Waals surface area contributed by atoms with Gasteiger partial charge in [-0.3, -0.25) is 9.59 Å². The summed E-state index contributed by atoms with van der Waals surface area (Å²) in [5.74, 6) is -0.268. The van der Waals surface area contributed by atoms with Crippen molar-refractivity contribution in [2.45, 2.75) is 12.5 Å². The summed E-state index contributed by atoms with van der Waals surface area (Å²) in [4.78, 5) is 25.5. The fourth-order valence-corrected chi connectivity index (χ4v) is 3.74. The molecule has 0 saturated carbocycles. The van der Waals surface area contributed by atoms with Crippen molar-refractivity contribution in [3.8, 4) is 0 Å². The van der Waals surface area contributed by atoms with Gasteiger partial charge in [-0.25, -0.2) is 0 Å². The molecule has 3 aromatic carbocycles. The molecule has 0 fully saturated rings. The van der Waals surface area contributed by atoms with Crippen LogP contribution in [-0.4, -0.2) is 16.9 Å². The topological polar surface area (TPSA) is 83.4 Å². The Kier molecular flexibility index (Phi) is 7.47. The number of amides is 2. The average molecular weight is 470 g/mol. The third-order valence-corrected chi connectivity index (χ3v) is 5.38. The Morgan fingerprint density at radius 2 is 1.41 bits per heavy atom. The number of thiocarbonyl (C=S) groups is 1. The number of carbonyl (C=O) groups is 2. The van der Waals surface area contributed by atoms with Crippen molar-refractivity contribution in [1.82, 2.24) is 10.6 Å². The monoisotopic (exact) mass is 469 g/mol. The van der Waals surface area contributed by atoms with E-state index in [1.54, 1.807) is 42.7 Å². The minimum atomic E-state index is -0.498. The molecule has 4 aromatic rings. The summed E-state index contributed by atoms with van der Waals surface area (Å²) in [6, 6.07) is 29.5. The molecule has 2 amide bonds. The maximum absolute atomic E-state index is 13.2. The van der Waals surface area contributed by atoms with Crippen LogP contribution in [0.5, 0.6) is 0 Å². The van der Waals surface area contributed by atoms with Gasteiger partial charge in [-0.2, -0.15) is 0 Å². The van der Waals surface area contributed by atoms with Crippen molar-refractivity contribution in [3.63, 3.8) is 0 Å². The minimum Gasteiger partial charge on any atom is -0.467 e. The van der Waals surface area contributed by atoms with Gasteiger partial charge in [0.1, 0.15) is 5.76 Å². The third kappa shape index (κ3) is 5.96. The highest BCUT2D eigenvalue weighted by Gasteiger charge is 2.23. The van der Waals surface area contributed by atoms with Gasteiger partial charge in [0.05, 0.1) is 18.7 Å². The standard InChI is InChI=1S/C27H23N3O3S/c31-25(28-18-23-12-7-17-33-23)21-13-15-22(16-14-21)29-27(34)30-26(32)24(19-8-3-1-4-9-19)20-10-5-2-6-11-20/h1-17,24H,18H2,(H,28,31)(H2,29,30,32,34). The summed E-state index contributed by atoms with van der Waals surface area (Å²) in [6.45, 7) is 0.311. The largest absolute Gasteiger partial charge is 0.467 e. The molecule has 170 valence electrons. The zero-order chi connectivity index (χ0) is 23.8. The van der Waals surface area contributed by atoms with Gasteiger partial charge in [0, 0.05) is 11.3 Å². The summed E-state index contributed by atoms with van der Waals surface area (Å²) < 4.78 is 5.21. The van der Waals surface area contributed by atoms with Gasteiger partial charge in [0.25, 0.3) is 5.91 Å². The number of hydrogen-bond acceptors (Lipinski definition) is 4. The molecule has 3 N–H and O–H groups in total. The fraction of sp³-hybridized carbons (Fsp3) is 0.0741. The molecule has 34 heavy (non-hydrogen) atoms. The molecule has 4 rings (SSSR count). The average Bonchev–Trinajstić information content (AvgIpc) is 3.38. The van der Waals surface area contributed by atoms with Gasteiger partial charge in [0.15, 0.2) is 5.11 Å². The van der Waals surface area contributed by atoms with Gasteiger partial charge in [-0.05, 0) is 59.7 Å². The second-order valence-electron chi connectivity index (χ2n) is 7.54. The van der Waals surface area contributed by atoms with Crippen LogP contribution in [0.4, 0.5) is 5.69 Å². The van der Waals surface area contributed by atoms with Crippen LogP contribution in [0.25, 0.3) is 0 Å². The lowest BCUT2D eigenvalue weighted by molar-refractivity contribution is -0.120. The number of hydrogen-bond donors (Lipinski definition) is 3. The van der Waals surface area contributed by atoms with Gasteiger partial charge in [-0.1, -0.05) is 60.7 Å². The summed E-state index contributed by atoms with van der Waals surface area (Å²) >= 11 is 5.37. The van der Waals surface area contributed by atoms with Crippen LogP contribution in [0.3, 0.4) is 0 Å². The maximum Gasteiger partial charge on any atom is 0.251 e. The third-order valence-electron chi connectivity index (χ3n) is 5.17. The molecule has 0 bridgehead atoms. The van der Waals surface area contributed by atoms with Gasteiger partial charge in [-0.15, -0.1) is 0 Å². The number of benzene rings is 3. The number of nitrogens with one attached hydrogen (secondary N) is 3. The zero-order valence-electron chi connectivity index (χ0n) is 18.2. The van der Waals surface area contributed by atoms with Gasteiger partial charge >= 0.3 is 0 Å². The van der Waals surface area contributed by atoms with E-state index in [2.05, 4.69) is 16.0 Å². The lowest BCUT2D eigenvalue weighted by Gasteiger charge is -2.18. The minimum absolute atomic E-state index is 0.178. The highest BCUT2D eigenvalue weighted by atomic mass is 32.1. The molecule has 0 spiro atoms. The van der Waals surface area contributed by atoms with E-state index in [4.69, 9.17) is 16.6 Å². The Balaban J connectivity index is 1.37. The van der Waals surface area contributed by atoms with Crippen LogP contribution in [0.1, 0.15) is 33.2 Å². The molecule has 0 radical (unpaired) electrons. The van der Waals surface area contributed by atoms with E-state index in [-0.39, 0.29) is 16.9 Å². The Bertz CT molecular complexity index is 1200. The van der Waals surface area contributed by atoms with E-state index in [1.165, 1.54) is 0 Å². The van der Waals surface area contributed by atoms with E-state index in [1.807, 2.05) is 60.7 Å². The van der Waals surface area contributed by atoms with Crippen molar-refractivity contribution < 1.29 is 14.0 Å². The molecule has 0 unspecified atom stereocenters. The summed E-state index contributed by atoms with van der Waals surface area (Å²) in [7, 11) is 0. The van der Waals surface area contributed by atoms with Gasteiger partial charge < -0.3 is 20.4 Å². The molecule has 0 aliphatic rings. The first-order chi connectivity index (χ1) is 16.6. The summed E-state index contributed by atoms with van der Waals surface area (Å²) in [5, 5.41) is 8.77. The van der Waals surface area contributed by atoms with Crippen molar-refractivity contribution in [1.29, 1.82) is 0 Å². The Hall–Kier alpha value is -4.23. The van der Waals surface area contributed by atoms with Crippen LogP contribution in [0.15, 0.2) is 108 Å². The fourth-order valence-electron chi connectivity index (χ4n) is 3.52. The molecule has 6 nitrogen and oxygen atoms in total. The normalized spacial score (nSPS) is 10.5. The summed E-state index contributed by atoms with van der Waals surface area (Å²) in [6.07, 6.45) is 1.56. The second kappa shape index (κ2) is 11.1. The first kappa shape index (κ1) is 22.9. The van der Waals surface area contributed by atoms with Crippen LogP contribution in [-0.2, 0) is 11.3 Å². The molecule has 1 heterocycles. The van der Waals surface area contributed by atoms with E-state index >= 15 is 0 Å². The van der Waals surface area contributed by atoms with Crippen molar-refractivity contribution in [3.05, 3.63) is 126 Å². The summed E-state index contributed by atoms with van der Waals surface area (Å²) in [5.41, 5.74) is 2.90. The number of rotatable bonds is 7. The first-order valence-corrected chi connectivity index (χ1v) is 11.1. The lowest BCUT2D eigenvalue weighted by Crippen LogP contribution is -2.37. The molecule has 7 heteroatoms. The van der Waals surface area contributed by atoms with Crippen LogP contribution in [0.2, 0.25) is 0 Å². The SMILES string of the molecule is O=C(NCc1ccco1)c1ccc(NC(=S)NC(=O)C(c2ccccc2)c2ccccc2)cc1. The second-order valence-corrected chi connectivity index (χ2v) is 7.95. The van der Waals surface area contributed by atoms with Crippen LogP contribution in [0, 0.1) is 0 Å². The van der Waals surface area contributed by atoms with E-state index in [0.717, 1.165) is 11.1 Å². The molecule has 0 saturated heterocycles. The van der Waals surface area contributed by atoms with Crippen molar-refractivity contribution in [2.24, 2.45) is 0 Å². The van der Waals surface area contributed by atoms with E-state index in [9.17, 15) is 9.59 Å². The predicted molar refractivity (Wildman–Crippen MR) is 135 cm³/mol. The highest BCUT2D eigenvalue weighted by Crippen LogP contribution is 2.24. The molecular weight excluding hydrogens is 446 g/mol. The molecule has 0 atom stereocenters. The molecule has 1 aromatic heterocycles. The quantitative estimate of drug-likeness (QED) is 0.337. The van der Waals surface area contributed by atoms with Crippen LogP contribution >= 0.6 is 12.2 Å². The maximum atomic E-state index is 13.2. The van der Waals surface area contributed by atoms with Crippen molar-refractivity contribution >= 4 is 34.8 Å². The Morgan fingerprint density at radius 1 is 0.794 bits per heavy atom. The first-order valence-electron chi connectivity index (χ1n) is 10.7. The molecular formula is C27H23N3O3S. The molecule has 0 aliphatic heterocycles. The van der Waals surface area contributed by atoms with E-state index in [0.29, 0.717) is 23.6 Å². The Labute approximate surface area is 203 Å². The van der Waals surface area contributed by atoms with Crippen molar-refractivity contribution in [2.75, 3.05) is 5.32 Å². The number of carbonyl (C=O) groups excluding carboxylic acids is 2. The predicted octanol–water partition coefficient (Wildman–Crippen LogP) is 4.85. The van der Waals surface area contributed by atoms with Gasteiger partial charge in [0.2, 0.25) is 5.91 Å². The van der Waals surface area contributed by atoms with E-state index < -0.39 is 5.92 Å². The molecule has 0 aliphatic carbocycles. The number of furan rings is 1. The number of anilines is 1.